The van der Waals surface area contributed by atoms with Crippen LogP contribution in [0.2, 0.25) is 6.04 Å². The van der Waals surface area contributed by atoms with Crippen LogP contribution in [0.1, 0.15) is 32.6 Å². The highest BCUT2D eigenvalue weighted by atomic mass is 28.4. The monoisotopic (exact) mass is 350 g/mol. The van der Waals surface area contributed by atoms with Gasteiger partial charge in [-0.05, 0) is 31.8 Å². The first-order chi connectivity index (χ1) is 11.0. The molecule has 136 valence electrons. The first kappa shape index (κ1) is 22.1. The maximum absolute atomic E-state index is 11.3. The van der Waals surface area contributed by atoms with Crippen LogP contribution in [-0.4, -0.2) is 61.0 Å². The second-order valence-corrected chi connectivity index (χ2v) is 7.97. The van der Waals surface area contributed by atoms with Gasteiger partial charge in [0.2, 0.25) is 0 Å². The molecule has 0 aliphatic carbocycles. The first-order valence-corrected chi connectivity index (χ1v) is 9.77. The third-order valence-corrected chi connectivity index (χ3v) is 6.01. The molecule has 0 aromatic rings. The zero-order chi connectivity index (χ0) is 17.6. The summed E-state index contributed by atoms with van der Waals surface area (Å²) in [5.41, 5.74) is 0. The van der Waals surface area contributed by atoms with Crippen LogP contribution in [0.4, 0.5) is 0 Å². The van der Waals surface area contributed by atoms with Crippen LogP contribution >= 0.6 is 0 Å². The van der Waals surface area contributed by atoms with Crippen molar-refractivity contribution < 1.29 is 32.7 Å². The summed E-state index contributed by atoms with van der Waals surface area (Å²) < 4.78 is 26.3. The Labute approximate surface area is 139 Å². The third kappa shape index (κ3) is 9.72. The number of ether oxygens (including phenoxy) is 2. The van der Waals surface area contributed by atoms with Crippen molar-refractivity contribution in [1.29, 1.82) is 0 Å². The van der Waals surface area contributed by atoms with E-state index in [2.05, 4.69) is 0 Å². The number of aliphatic hydroxyl groups excluding tert-OH is 1. The average molecular weight is 350 g/mol. The van der Waals surface area contributed by atoms with Crippen LogP contribution in [0, 0.1) is 0 Å². The van der Waals surface area contributed by atoms with Gasteiger partial charge in [-0.2, -0.15) is 0 Å². The Morgan fingerprint density at radius 1 is 1.04 bits per heavy atom. The molecule has 0 fully saturated rings. The van der Waals surface area contributed by atoms with E-state index in [9.17, 15) is 9.90 Å². The molecule has 0 saturated heterocycles. The van der Waals surface area contributed by atoms with Gasteiger partial charge in [0.05, 0.1) is 6.61 Å². The van der Waals surface area contributed by atoms with Crippen LogP contribution in [0.5, 0.6) is 0 Å². The molecule has 0 aliphatic heterocycles. The molecule has 0 aromatic carbocycles. The van der Waals surface area contributed by atoms with E-state index >= 15 is 0 Å². The van der Waals surface area contributed by atoms with Gasteiger partial charge in [-0.25, -0.2) is 4.79 Å². The van der Waals surface area contributed by atoms with Gasteiger partial charge in [-0.15, -0.1) is 0 Å². The van der Waals surface area contributed by atoms with Crippen molar-refractivity contribution in [2.75, 3.05) is 41.2 Å². The number of carbonyl (C=O) groups is 1. The number of hydrogen-bond acceptors (Lipinski definition) is 7. The van der Waals surface area contributed by atoms with Crippen LogP contribution in [0.3, 0.4) is 0 Å². The Morgan fingerprint density at radius 2 is 1.65 bits per heavy atom. The van der Waals surface area contributed by atoms with Gasteiger partial charge in [-0.3, -0.25) is 0 Å². The zero-order valence-corrected chi connectivity index (χ0v) is 15.6. The van der Waals surface area contributed by atoms with Gasteiger partial charge in [0.1, 0.15) is 0 Å². The molecule has 0 aromatic heterocycles. The summed E-state index contributed by atoms with van der Waals surface area (Å²) in [6, 6.07) is 0.695. The van der Waals surface area contributed by atoms with Crippen LogP contribution in [0.25, 0.3) is 0 Å². The van der Waals surface area contributed by atoms with E-state index < -0.39 is 14.8 Å². The van der Waals surface area contributed by atoms with Crippen molar-refractivity contribution >= 4 is 14.8 Å². The Bertz CT molecular complexity index is 334. The maximum atomic E-state index is 11.3. The van der Waals surface area contributed by atoms with Gasteiger partial charge < -0.3 is 27.9 Å². The molecule has 8 heteroatoms. The smallest absolute Gasteiger partial charge is 0.500 e. The van der Waals surface area contributed by atoms with Gasteiger partial charge in [0.25, 0.3) is 0 Å². The van der Waals surface area contributed by atoms with Gasteiger partial charge in [-0.1, -0.05) is 6.92 Å². The average Bonchev–Trinajstić information content (AvgIpc) is 2.58. The van der Waals surface area contributed by atoms with E-state index in [0.29, 0.717) is 38.7 Å². The molecule has 1 N–H and O–H groups in total. The molecule has 0 bridgehead atoms. The molecular weight excluding hydrogens is 320 g/mol. The zero-order valence-electron chi connectivity index (χ0n) is 14.6. The standard InChI is InChI=1S/C15H30O7Si/c1-5-10-22-15(17)14(16)9-6-7-11-21-12-8-13-23(18-2,19-3)20-4/h9,16H,5-8,10-13H2,1-4H3. The molecule has 0 unspecified atom stereocenters. The molecule has 23 heavy (non-hydrogen) atoms. The van der Waals surface area contributed by atoms with Crippen LogP contribution in [-0.2, 0) is 27.5 Å². The lowest BCUT2D eigenvalue weighted by molar-refractivity contribution is -0.142. The second-order valence-electron chi connectivity index (χ2n) is 4.88. The predicted molar refractivity (Wildman–Crippen MR) is 88.2 cm³/mol. The molecule has 0 heterocycles. The minimum absolute atomic E-state index is 0.315. The lowest BCUT2D eigenvalue weighted by atomic mass is 10.3. The quantitative estimate of drug-likeness (QED) is 0.169. The molecule has 0 aliphatic rings. The van der Waals surface area contributed by atoms with Crippen molar-refractivity contribution in [1.82, 2.24) is 0 Å². The lowest BCUT2D eigenvalue weighted by Crippen LogP contribution is -2.42. The molecular formula is C15H30O7Si. The van der Waals surface area contributed by atoms with Crippen molar-refractivity contribution in [2.24, 2.45) is 0 Å². The predicted octanol–water partition coefficient (Wildman–Crippen LogP) is 2.45. The van der Waals surface area contributed by atoms with Crippen LogP contribution < -0.4 is 0 Å². The molecule has 0 atom stereocenters. The molecule has 0 spiro atoms. The fourth-order valence-electron chi connectivity index (χ4n) is 1.83. The molecule has 0 amide bonds. The number of aliphatic hydroxyl groups is 1. The SMILES string of the molecule is CCCOC(=O)C(O)=CCCCOCCC[Si](OC)(OC)OC. The van der Waals surface area contributed by atoms with Crippen molar-refractivity contribution in [3.8, 4) is 0 Å². The summed E-state index contributed by atoms with van der Waals surface area (Å²) in [5, 5.41) is 9.46. The molecule has 7 nitrogen and oxygen atoms in total. The van der Waals surface area contributed by atoms with Gasteiger partial charge in [0, 0.05) is 40.6 Å². The van der Waals surface area contributed by atoms with Crippen molar-refractivity contribution in [3.63, 3.8) is 0 Å². The van der Waals surface area contributed by atoms with E-state index in [1.807, 2.05) is 6.92 Å². The van der Waals surface area contributed by atoms with E-state index in [-0.39, 0.29) is 5.76 Å². The fourth-order valence-corrected chi connectivity index (χ4v) is 3.51. The Morgan fingerprint density at radius 3 is 2.22 bits per heavy atom. The van der Waals surface area contributed by atoms with E-state index in [1.54, 1.807) is 21.3 Å². The van der Waals surface area contributed by atoms with Gasteiger partial charge >= 0.3 is 14.8 Å². The van der Waals surface area contributed by atoms with E-state index in [0.717, 1.165) is 12.8 Å². The third-order valence-electron chi connectivity index (χ3n) is 3.18. The Balaban J connectivity index is 3.72. The van der Waals surface area contributed by atoms with Crippen LogP contribution in [0.15, 0.2) is 11.8 Å². The summed E-state index contributed by atoms with van der Waals surface area (Å²) in [6.07, 6.45) is 4.24. The number of unbranched alkanes of at least 4 members (excludes halogenated alkanes) is 1. The number of allylic oxidation sites excluding steroid dienone is 1. The molecule has 0 saturated carbocycles. The Hall–Kier alpha value is -0.933. The highest BCUT2D eigenvalue weighted by Crippen LogP contribution is 2.14. The minimum atomic E-state index is -2.51. The summed E-state index contributed by atoms with van der Waals surface area (Å²) in [6.45, 7) is 3.34. The van der Waals surface area contributed by atoms with E-state index in [1.165, 1.54) is 6.08 Å². The number of hydrogen-bond donors (Lipinski definition) is 1. The second kappa shape index (κ2) is 13.5. The largest absolute Gasteiger partial charge is 0.502 e. The van der Waals surface area contributed by atoms with Crippen molar-refractivity contribution in [3.05, 3.63) is 11.8 Å². The highest BCUT2D eigenvalue weighted by molar-refractivity contribution is 6.60. The van der Waals surface area contributed by atoms with Crippen molar-refractivity contribution in [2.45, 2.75) is 38.7 Å². The summed E-state index contributed by atoms with van der Waals surface area (Å²) in [4.78, 5) is 11.3. The number of esters is 1. The lowest BCUT2D eigenvalue weighted by Gasteiger charge is -2.24. The number of carbonyl (C=O) groups excluding carboxylic acids is 1. The summed E-state index contributed by atoms with van der Waals surface area (Å²) in [5.74, 6) is -1.01. The summed E-state index contributed by atoms with van der Waals surface area (Å²) in [7, 11) is 2.26. The first-order valence-electron chi connectivity index (χ1n) is 7.84. The molecule has 0 radical (unpaired) electrons. The van der Waals surface area contributed by atoms with E-state index in [4.69, 9.17) is 22.8 Å². The normalized spacial score (nSPS) is 12.4. The fraction of sp³-hybridized carbons (Fsp3) is 0.800. The number of rotatable bonds is 14. The summed E-state index contributed by atoms with van der Waals surface area (Å²) >= 11 is 0. The minimum Gasteiger partial charge on any atom is -0.502 e. The molecule has 0 rings (SSSR count). The highest BCUT2D eigenvalue weighted by Gasteiger charge is 2.36. The Kier molecular flexibility index (Phi) is 13.0. The topological polar surface area (TPSA) is 83.5 Å². The van der Waals surface area contributed by atoms with Gasteiger partial charge in [0.15, 0.2) is 5.76 Å². The maximum Gasteiger partial charge on any atom is 0.500 e.